The van der Waals surface area contributed by atoms with E-state index < -0.39 is 0 Å². The largest absolute Gasteiger partial charge is 0.355 e. The average Bonchev–Trinajstić information content (AvgIpc) is 2.93. The van der Waals surface area contributed by atoms with Gasteiger partial charge in [-0.3, -0.25) is 9.89 Å². The quantitative estimate of drug-likeness (QED) is 0.569. The molecule has 22 heavy (non-hydrogen) atoms. The molecule has 1 heterocycles. The topological polar surface area (TPSA) is 52.6 Å². The summed E-state index contributed by atoms with van der Waals surface area (Å²) in [6.45, 7) is 13.7. The molecule has 1 aromatic heterocycles. The van der Waals surface area contributed by atoms with E-state index in [0.29, 0.717) is 18.6 Å². The molecule has 126 valence electrons. The molecular weight excluding hydrogens is 294 g/mol. The molecule has 0 spiro atoms. The summed E-state index contributed by atoms with van der Waals surface area (Å²) in [6, 6.07) is 1.11. The Morgan fingerprint density at radius 2 is 1.95 bits per heavy atom. The van der Waals surface area contributed by atoms with E-state index in [9.17, 15) is 0 Å². The van der Waals surface area contributed by atoms with E-state index in [4.69, 9.17) is 0 Å². The van der Waals surface area contributed by atoms with Gasteiger partial charge in [-0.1, -0.05) is 6.92 Å². The highest BCUT2D eigenvalue weighted by molar-refractivity contribution is 7.09. The second-order valence-corrected chi connectivity index (χ2v) is 6.81. The normalized spacial score (nSPS) is 12.5. The van der Waals surface area contributed by atoms with Crippen LogP contribution < -0.4 is 10.6 Å². The molecule has 0 fully saturated rings. The molecule has 1 rings (SSSR count). The first-order chi connectivity index (χ1) is 10.5. The van der Waals surface area contributed by atoms with Gasteiger partial charge in [0, 0.05) is 37.6 Å². The number of hydrogen-bond acceptors (Lipinski definition) is 4. The van der Waals surface area contributed by atoms with Crippen molar-refractivity contribution in [3.8, 4) is 0 Å². The first-order valence-corrected chi connectivity index (χ1v) is 8.99. The smallest absolute Gasteiger partial charge is 0.191 e. The van der Waals surface area contributed by atoms with Crippen molar-refractivity contribution in [3.63, 3.8) is 0 Å². The maximum Gasteiger partial charge on any atom is 0.191 e. The van der Waals surface area contributed by atoms with E-state index in [2.05, 4.69) is 65.5 Å². The summed E-state index contributed by atoms with van der Waals surface area (Å²) in [7, 11) is 1.80. The SMILES string of the molecule is CCc1nc(CNC(=NC)NCCN(C(C)C)C(C)C)cs1. The Morgan fingerprint density at radius 3 is 2.45 bits per heavy atom. The van der Waals surface area contributed by atoms with Crippen molar-refractivity contribution in [2.24, 2.45) is 4.99 Å². The Kier molecular flexibility index (Phi) is 8.42. The van der Waals surface area contributed by atoms with Crippen LogP contribution in [0.15, 0.2) is 10.4 Å². The van der Waals surface area contributed by atoms with Gasteiger partial charge in [-0.2, -0.15) is 0 Å². The van der Waals surface area contributed by atoms with E-state index in [1.807, 2.05) is 0 Å². The van der Waals surface area contributed by atoms with Gasteiger partial charge in [0.1, 0.15) is 0 Å². The third-order valence-corrected chi connectivity index (χ3v) is 4.59. The lowest BCUT2D eigenvalue weighted by atomic mass is 10.2. The molecule has 0 aliphatic heterocycles. The van der Waals surface area contributed by atoms with Crippen LogP contribution in [-0.2, 0) is 13.0 Å². The van der Waals surface area contributed by atoms with Crippen LogP contribution in [0.3, 0.4) is 0 Å². The van der Waals surface area contributed by atoms with Gasteiger partial charge < -0.3 is 10.6 Å². The van der Waals surface area contributed by atoms with Gasteiger partial charge >= 0.3 is 0 Å². The third kappa shape index (κ3) is 6.32. The maximum atomic E-state index is 4.55. The van der Waals surface area contributed by atoms with Crippen LogP contribution in [0.5, 0.6) is 0 Å². The van der Waals surface area contributed by atoms with Crippen LogP contribution in [0.1, 0.15) is 45.3 Å². The summed E-state index contributed by atoms with van der Waals surface area (Å²) >= 11 is 1.72. The van der Waals surface area contributed by atoms with Crippen molar-refractivity contribution in [3.05, 3.63) is 16.1 Å². The number of hydrogen-bond donors (Lipinski definition) is 2. The Balaban J connectivity index is 2.36. The molecule has 0 saturated carbocycles. The highest BCUT2D eigenvalue weighted by Crippen LogP contribution is 2.09. The molecule has 0 atom stereocenters. The molecule has 0 aromatic carbocycles. The summed E-state index contributed by atoms with van der Waals surface area (Å²) in [4.78, 5) is 11.3. The summed E-state index contributed by atoms with van der Waals surface area (Å²) in [6.07, 6.45) is 0.998. The highest BCUT2D eigenvalue weighted by atomic mass is 32.1. The van der Waals surface area contributed by atoms with E-state index in [1.54, 1.807) is 18.4 Å². The van der Waals surface area contributed by atoms with Crippen LogP contribution in [0.2, 0.25) is 0 Å². The van der Waals surface area contributed by atoms with Gasteiger partial charge in [-0.15, -0.1) is 11.3 Å². The second kappa shape index (κ2) is 9.79. The highest BCUT2D eigenvalue weighted by Gasteiger charge is 2.12. The fourth-order valence-corrected chi connectivity index (χ4v) is 3.15. The van der Waals surface area contributed by atoms with Gasteiger partial charge in [-0.05, 0) is 34.1 Å². The minimum Gasteiger partial charge on any atom is -0.355 e. The zero-order valence-corrected chi connectivity index (χ0v) is 15.6. The van der Waals surface area contributed by atoms with Gasteiger partial charge in [0.2, 0.25) is 0 Å². The Bertz CT molecular complexity index is 445. The molecule has 0 aliphatic rings. The van der Waals surface area contributed by atoms with E-state index in [-0.39, 0.29) is 0 Å². The predicted octanol–water partition coefficient (Wildman–Crippen LogP) is 2.49. The van der Waals surface area contributed by atoms with Crippen molar-refractivity contribution in [2.45, 2.75) is 59.7 Å². The second-order valence-electron chi connectivity index (χ2n) is 5.86. The summed E-state index contributed by atoms with van der Waals surface area (Å²) in [5.74, 6) is 0.832. The molecule has 0 bridgehead atoms. The standard InChI is InChI=1S/C16H31N5S/c1-7-15-20-14(11-22-15)10-19-16(17-6)18-8-9-21(12(2)3)13(4)5/h11-13H,7-10H2,1-6H3,(H2,17,18,19). The molecule has 6 heteroatoms. The van der Waals surface area contributed by atoms with Gasteiger partial charge in [-0.25, -0.2) is 4.98 Å². The van der Waals surface area contributed by atoms with Gasteiger partial charge in [0.05, 0.1) is 17.2 Å². The van der Waals surface area contributed by atoms with Gasteiger partial charge in [0.25, 0.3) is 0 Å². The van der Waals surface area contributed by atoms with Crippen molar-refractivity contribution >= 4 is 17.3 Å². The average molecular weight is 326 g/mol. The van der Waals surface area contributed by atoms with E-state index >= 15 is 0 Å². The first-order valence-electron chi connectivity index (χ1n) is 8.11. The molecule has 0 radical (unpaired) electrons. The number of nitrogens with zero attached hydrogens (tertiary/aromatic N) is 3. The number of aliphatic imine (C=N–C) groups is 1. The fourth-order valence-electron chi connectivity index (χ4n) is 2.40. The number of aryl methyl sites for hydroxylation is 1. The van der Waals surface area contributed by atoms with Crippen molar-refractivity contribution in [1.29, 1.82) is 0 Å². The van der Waals surface area contributed by atoms with Gasteiger partial charge in [0.15, 0.2) is 5.96 Å². The molecule has 1 aromatic rings. The maximum absolute atomic E-state index is 4.55. The Labute approximate surface area is 139 Å². The number of nitrogens with one attached hydrogen (secondary N) is 2. The molecular formula is C16H31N5S. The Hall–Kier alpha value is -1.14. The van der Waals surface area contributed by atoms with Crippen LogP contribution in [0.25, 0.3) is 0 Å². The van der Waals surface area contributed by atoms with Crippen LogP contribution in [0, 0.1) is 0 Å². The minimum atomic E-state index is 0.555. The molecule has 0 unspecified atom stereocenters. The van der Waals surface area contributed by atoms with Crippen molar-refractivity contribution < 1.29 is 0 Å². The number of guanidine groups is 1. The number of thiazole rings is 1. The first kappa shape index (κ1) is 18.9. The lowest BCUT2D eigenvalue weighted by Gasteiger charge is -2.30. The zero-order chi connectivity index (χ0) is 16.5. The lowest BCUT2D eigenvalue weighted by Crippen LogP contribution is -2.45. The van der Waals surface area contributed by atoms with Crippen molar-refractivity contribution in [2.75, 3.05) is 20.1 Å². The monoisotopic (exact) mass is 325 g/mol. The number of rotatable bonds is 8. The lowest BCUT2D eigenvalue weighted by molar-refractivity contribution is 0.178. The summed E-state index contributed by atoms with van der Waals surface area (Å²) in [5, 5.41) is 9.99. The third-order valence-electron chi connectivity index (χ3n) is 3.55. The predicted molar refractivity (Wildman–Crippen MR) is 96.7 cm³/mol. The van der Waals surface area contributed by atoms with E-state index in [1.165, 1.54) is 5.01 Å². The Morgan fingerprint density at radius 1 is 1.27 bits per heavy atom. The van der Waals surface area contributed by atoms with Crippen LogP contribution >= 0.6 is 11.3 Å². The molecule has 0 saturated heterocycles. The fraction of sp³-hybridized carbons (Fsp3) is 0.750. The van der Waals surface area contributed by atoms with Crippen LogP contribution in [0.4, 0.5) is 0 Å². The molecule has 2 N–H and O–H groups in total. The number of aromatic nitrogens is 1. The minimum absolute atomic E-state index is 0.555. The summed E-state index contributed by atoms with van der Waals surface area (Å²) in [5.41, 5.74) is 1.08. The molecule has 0 aliphatic carbocycles. The molecule has 0 amide bonds. The van der Waals surface area contributed by atoms with E-state index in [0.717, 1.165) is 31.2 Å². The van der Waals surface area contributed by atoms with Crippen molar-refractivity contribution in [1.82, 2.24) is 20.5 Å². The van der Waals surface area contributed by atoms with Crippen LogP contribution in [-0.4, -0.2) is 48.1 Å². The summed E-state index contributed by atoms with van der Waals surface area (Å²) < 4.78 is 0. The zero-order valence-electron chi connectivity index (χ0n) is 14.8. The molecule has 5 nitrogen and oxygen atoms in total.